The monoisotopic (exact) mass is 619 g/mol. The molecule has 3 aromatic carbocycles. The van der Waals surface area contributed by atoms with Crippen molar-refractivity contribution in [1.82, 2.24) is 10.2 Å². The topological polar surface area (TPSA) is 96.0 Å². The highest BCUT2D eigenvalue weighted by molar-refractivity contribution is 9.10. The predicted molar refractivity (Wildman–Crippen MR) is 152 cm³/mol. The molecule has 3 aromatic rings. The number of amides is 2. The van der Waals surface area contributed by atoms with Gasteiger partial charge in [0.25, 0.3) is 10.0 Å². The van der Waals surface area contributed by atoms with E-state index in [0.717, 1.165) is 9.87 Å². The van der Waals surface area contributed by atoms with Crippen molar-refractivity contribution in [2.45, 2.75) is 37.8 Å². The van der Waals surface area contributed by atoms with Crippen molar-refractivity contribution in [2.75, 3.05) is 25.0 Å². The molecule has 2 amide bonds. The Hall–Kier alpha value is -3.44. The number of benzene rings is 3. The first-order chi connectivity index (χ1) is 18.5. The minimum atomic E-state index is -4.23. The highest BCUT2D eigenvalue weighted by Gasteiger charge is 2.33. The number of anilines is 1. The van der Waals surface area contributed by atoms with Crippen LogP contribution in [0.1, 0.15) is 24.5 Å². The Labute approximate surface area is 236 Å². The minimum absolute atomic E-state index is 0.0130. The molecular formula is C28H31BrFN3O5S. The van der Waals surface area contributed by atoms with Crippen LogP contribution >= 0.6 is 15.9 Å². The molecule has 0 bridgehead atoms. The van der Waals surface area contributed by atoms with Crippen molar-refractivity contribution in [3.05, 3.63) is 88.1 Å². The summed E-state index contributed by atoms with van der Waals surface area (Å²) < 4.78 is 48.1. The number of ether oxygens (including phenoxy) is 1. The van der Waals surface area contributed by atoms with E-state index in [9.17, 15) is 22.4 Å². The Balaban J connectivity index is 2.07. The van der Waals surface area contributed by atoms with Gasteiger partial charge in [0, 0.05) is 13.6 Å². The van der Waals surface area contributed by atoms with Gasteiger partial charge in [0.15, 0.2) is 0 Å². The lowest BCUT2D eigenvalue weighted by Gasteiger charge is -2.33. The lowest BCUT2D eigenvalue weighted by molar-refractivity contribution is -0.140. The molecular weight excluding hydrogens is 589 g/mol. The number of likely N-dealkylation sites (N-methyl/N-ethyl adjacent to an activating group) is 1. The third-order valence-corrected chi connectivity index (χ3v) is 8.60. The van der Waals surface area contributed by atoms with Crippen molar-refractivity contribution in [3.63, 3.8) is 0 Å². The van der Waals surface area contributed by atoms with Crippen molar-refractivity contribution in [1.29, 1.82) is 0 Å². The number of rotatable bonds is 11. The van der Waals surface area contributed by atoms with Crippen LogP contribution in [0.4, 0.5) is 10.1 Å². The summed E-state index contributed by atoms with van der Waals surface area (Å²) in [6.07, 6.45) is 0.287. The smallest absolute Gasteiger partial charge is 0.264 e. The molecule has 0 aliphatic heterocycles. The van der Waals surface area contributed by atoms with Crippen LogP contribution in [0.5, 0.6) is 5.75 Å². The first kappa shape index (κ1) is 30.1. The van der Waals surface area contributed by atoms with Gasteiger partial charge in [-0.2, -0.15) is 0 Å². The fourth-order valence-corrected chi connectivity index (χ4v) is 6.18. The lowest BCUT2D eigenvalue weighted by atomic mass is 10.1. The molecule has 3 rings (SSSR count). The molecule has 0 saturated carbocycles. The second kappa shape index (κ2) is 13.1. The second-order valence-electron chi connectivity index (χ2n) is 8.83. The van der Waals surface area contributed by atoms with Crippen molar-refractivity contribution >= 4 is 43.5 Å². The zero-order chi connectivity index (χ0) is 28.7. The fourth-order valence-electron chi connectivity index (χ4n) is 4.05. The molecule has 1 N–H and O–H groups in total. The summed E-state index contributed by atoms with van der Waals surface area (Å²) in [5, 5.41) is 2.57. The second-order valence-corrected chi connectivity index (χ2v) is 11.5. The SMILES string of the molecule is CCC(C(=O)NC)N(Cc1ccc(F)cc1)C(=O)CN(c1ccc(C)cc1)S(=O)(=O)c1ccc(OC)c(Br)c1. The van der Waals surface area contributed by atoms with E-state index in [-0.39, 0.29) is 23.5 Å². The highest BCUT2D eigenvalue weighted by Crippen LogP contribution is 2.31. The molecule has 0 aliphatic carbocycles. The highest BCUT2D eigenvalue weighted by atomic mass is 79.9. The van der Waals surface area contributed by atoms with E-state index in [2.05, 4.69) is 21.2 Å². The number of hydrogen-bond acceptors (Lipinski definition) is 5. The zero-order valence-electron chi connectivity index (χ0n) is 22.1. The van der Waals surface area contributed by atoms with E-state index >= 15 is 0 Å². The summed E-state index contributed by atoms with van der Waals surface area (Å²) in [5.41, 5.74) is 1.80. The van der Waals surface area contributed by atoms with E-state index in [0.29, 0.717) is 15.8 Å². The number of sulfonamides is 1. The standard InChI is InChI=1S/C28H31BrFN3O5S/c1-5-25(28(35)31-3)32(17-20-8-10-21(30)11-9-20)27(34)18-33(22-12-6-19(2)7-13-22)39(36,37)23-14-15-26(38-4)24(29)16-23/h6-16,25H,5,17-18H2,1-4H3,(H,31,35). The van der Waals surface area contributed by atoms with Crippen molar-refractivity contribution in [3.8, 4) is 5.75 Å². The van der Waals surface area contributed by atoms with E-state index < -0.39 is 40.2 Å². The Morgan fingerprint density at radius 2 is 1.69 bits per heavy atom. The normalized spacial score (nSPS) is 11.9. The van der Waals surface area contributed by atoms with Gasteiger partial charge in [-0.05, 0) is 77.3 Å². The molecule has 1 atom stereocenters. The van der Waals surface area contributed by atoms with Gasteiger partial charge in [0.2, 0.25) is 11.8 Å². The lowest BCUT2D eigenvalue weighted by Crippen LogP contribution is -2.51. The van der Waals surface area contributed by atoms with Crippen LogP contribution in [0.3, 0.4) is 0 Å². The maximum atomic E-state index is 13.9. The average Bonchev–Trinajstić information content (AvgIpc) is 2.92. The molecule has 0 heterocycles. The number of halogens is 2. The molecule has 0 spiro atoms. The maximum absolute atomic E-state index is 13.9. The van der Waals surface area contributed by atoms with Gasteiger partial charge in [-0.15, -0.1) is 0 Å². The summed E-state index contributed by atoms with van der Waals surface area (Å²) >= 11 is 3.33. The van der Waals surface area contributed by atoms with Gasteiger partial charge in [-0.3, -0.25) is 13.9 Å². The molecule has 1 unspecified atom stereocenters. The van der Waals surface area contributed by atoms with Crippen molar-refractivity contribution in [2.24, 2.45) is 0 Å². The van der Waals surface area contributed by atoms with Gasteiger partial charge >= 0.3 is 0 Å². The van der Waals surface area contributed by atoms with Gasteiger partial charge in [0.05, 0.1) is 22.2 Å². The van der Waals surface area contributed by atoms with Crippen LogP contribution in [0.25, 0.3) is 0 Å². The van der Waals surface area contributed by atoms with E-state index in [1.807, 2.05) is 6.92 Å². The summed E-state index contributed by atoms with van der Waals surface area (Å²) in [6, 6.07) is 15.8. The number of hydrogen-bond donors (Lipinski definition) is 1. The molecule has 0 aromatic heterocycles. The number of nitrogens with zero attached hydrogens (tertiary/aromatic N) is 2. The molecule has 0 saturated heterocycles. The average molecular weight is 621 g/mol. The number of aryl methyl sites for hydroxylation is 1. The van der Waals surface area contributed by atoms with Gasteiger partial charge in [-0.25, -0.2) is 12.8 Å². The van der Waals surface area contributed by atoms with Crippen LogP contribution in [0.2, 0.25) is 0 Å². The number of carbonyl (C=O) groups excluding carboxylic acids is 2. The Morgan fingerprint density at radius 3 is 2.23 bits per heavy atom. The third kappa shape index (κ3) is 7.15. The summed E-state index contributed by atoms with van der Waals surface area (Å²) in [4.78, 5) is 27.9. The molecule has 0 fully saturated rings. The van der Waals surface area contributed by atoms with Crippen LogP contribution < -0.4 is 14.4 Å². The summed E-state index contributed by atoms with van der Waals surface area (Å²) in [5.74, 6) is -0.964. The van der Waals surface area contributed by atoms with Crippen LogP contribution in [0.15, 0.2) is 76.1 Å². The Kier molecular flexibility index (Phi) is 10.1. The number of methoxy groups -OCH3 is 1. The molecule has 8 nitrogen and oxygen atoms in total. The van der Waals surface area contributed by atoms with Gasteiger partial charge in [0.1, 0.15) is 24.2 Å². The Morgan fingerprint density at radius 1 is 1.05 bits per heavy atom. The quantitative estimate of drug-likeness (QED) is 0.337. The fraction of sp³-hybridized carbons (Fsp3) is 0.286. The van der Waals surface area contributed by atoms with E-state index in [1.54, 1.807) is 31.2 Å². The van der Waals surface area contributed by atoms with Gasteiger partial charge < -0.3 is 15.0 Å². The molecule has 0 aliphatic rings. The largest absolute Gasteiger partial charge is 0.496 e. The number of nitrogens with one attached hydrogen (secondary N) is 1. The van der Waals surface area contributed by atoms with Crippen molar-refractivity contribution < 1.29 is 27.1 Å². The van der Waals surface area contributed by atoms with Gasteiger partial charge in [-0.1, -0.05) is 36.8 Å². The summed E-state index contributed by atoms with van der Waals surface area (Å²) in [7, 11) is -1.29. The Bertz CT molecular complexity index is 1420. The summed E-state index contributed by atoms with van der Waals surface area (Å²) in [6.45, 7) is 3.05. The minimum Gasteiger partial charge on any atom is -0.496 e. The first-order valence-electron chi connectivity index (χ1n) is 12.2. The first-order valence-corrected chi connectivity index (χ1v) is 14.4. The predicted octanol–water partition coefficient (Wildman–Crippen LogP) is 4.65. The molecule has 0 radical (unpaired) electrons. The number of carbonyl (C=O) groups is 2. The van der Waals surface area contributed by atoms with E-state index in [1.165, 1.54) is 61.5 Å². The maximum Gasteiger partial charge on any atom is 0.264 e. The zero-order valence-corrected chi connectivity index (χ0v) is 24.6. The van der Waals surface area contributed by atoms with Crippen LogP contribution in [-0.2, 0) is 26.2 Å². The molecule has 39 heavy (non-hydrogen) atoms. The van der Waals surface area contributed by atoms with Crippen LogP contribution in [-0.4, -0.2) is 51.9 Å². The van der Waals surface area contributed by atoms with Crippen LogP contribution in [0, 0.1) is 12.7 Å². The third-order valence-electron chi connectivity index (χ3n) is 6.21. The molecule has 208 valence electrons. The van der Waals surface area contributed by atoms with E-state index in [4.69, 9.17) is 4.74 Å². The molecule has 11 heteroatoms.